The van der Waals surface area contributed by atoms with Crippen LogP contribution in [0.25, 0.3) is 11.3 Å². The maximum atomic E-state index is 12.4. The zero-order valence-electron chi connectivity index (χ0n) is 15.2. The minimum absolute atomic E-state index is 0.155. The Balaban J connectivity index is 1.58. The van der Waals surface area contributed by atoms with Crippen LogP contribution in [-0.2, 0) is 6.54 Å². The summed E-state index contributed by atoms with van der Waals surface area (Å²) in [5.74, 6) is 2.04. The molecule has 0 fully saturated rings. The van der Waals surface area contributed by atoms with Crippen LogP contribution < -0.4 is 10.1 Å². The van der Waals surface area contributed by atoms with Gasteiger partial charge in [0.2, 0.25) is 0 Å². The van der Waals surface area contributed by atoms with Crippen molar-refractivity contribution >= 4 is 21.8 Å². The van der Waals surface area contributed by atoms with Crippen LogP contribution in [0.15, 0.2) is 69.6 Å². The topological polar surface area (TPSA) is 51.5 Å². The largest absolute Gasteiger partial charge is 0.494 e. The van der Waals surface area contributed by atoms with E-state index in [9.17, 15) is 4.79 Å². The second-order valence-corrected chi connectivity index (χ2v) is 7.10. The molecule has 0 aliphatic heterocycles. The first kappa shape index (κ1) is 19.2. The summed E-state index contributed by atoms with van der Waals surface area (Å²) in [6.45, 7) is 3.10. The van der Waals surface area contributed by atoms with Gasteiger partial charge in [0.15, 0.2) is 0 Å². The number of halogens is 1. The van der Waals surface area contributed by atoms with Crippen LogP contribution in [0.5, 0.6) is 5.75 Å². The van der Waals surface area contributed by atoms with E-state index in [1.807, 2.05) is 48.5 Å². The fourth-order valence-electron chi connectivity index (χ4n) is 2.57. The molecule has 3 rings (SSSR count). The number of unbranched alkanes of at least 4 members (excludes halogenated alkanes) is 1. The average Bonchev–Trinajstić information content (AvgIpc) is 3.16. The molecule has 1 N–H and O–H groups in total. The van der Waals surface area contributed by atoms with Crippen LogP contribution in [-0.4, -0.2) is 12.5 Å². The second kappa shape index (κ2) is 9.42. The Bertz CT molecular complexity index is 887. The number of ether oxygens (including phenoxy) is 1. The molecule has 1 heterocycles. The van der Waals surface area contributed by atoms with Crippen LogP contribution in [0, 0.1) is 0 Å². The zero-order chi connectivity index (χ0) is 19.1. The van der Waals surface area contributed by atoms with Crippen LogP contribution in [0.1, 0.15) is 35.9 Å². The van der Waals surface area contributed by atoms with Crippen LogP contribution in [0.4, 0.5) is 0 Å². The van der Waals surface area contributed by atoms with Gasteiger partial charge in [-0.2, -0.15) is 0 Å². The number of hydrogen-bond donors (Lipinski definition) is 1. The normalized spacial score (nSPS) is 10.6. The second-order valence-electron chi connectivity index (χ2n) is 6.19. The molecule has 27 heavy (non-hydrogen) atoms. The number of hydrogen-bond acceptors (Lipinski definition) is 3. The van der Waals surface area contributed by atoms with Gasteiger partial charge in [0.25, 0.3) is 5.91 Å². The first-order chi connectivity index (χ1) is 13.2. The molecule has 0 saturated carbocycles. The van der Waals surface area contributed by atoms with Crippen molar-refractivity contribution in [3.8, 4) is 17.1 Å². The van der Waals surface area contributed by atoms with E-state index >= 15 is 0 Å². The van der Waals surface area contributed by atoms with Crippen molar-refractivity contribution in [3.63, 3.8) is 0 Å². The number of furan rings is 1. The highest BCUT2D eigenvalue weighted by molar-refractivity contribution is 9.10. The van der Waals surface area contributed by atoms with Crippen molar-refractivity contribution < 1.29 is 13.9 Å². The molecule has 0 radical (unpaired) electrons. The third kappa shape index (κ3) is 5.47. The number of carbonyl (C=O) groups is 1. The van der Waals surface area contributed by atoms with E-state index in [0.717, 1.165) is 28.6 Å². The monoisotopic (exact) mass is 427 g/mol. The lowest BCUT2D eigenvalue weighted by atomic mass is 10.2. The summed E-state index contributed by atoms with van der Waals surface area (Å²) in [4.78, 5) is 12.4. The van der Waals surface area contributed by atoms with Gasteiger partial charge in [-0.3, -0.25) is 4.79 Å². The van der Waals surface area contributed by atoms with Gasteiger partial charge in [0, 0.05) is 15.6 Å². The average molecular weight is 428 g/mol. The number of benzene rings is 2. The van der Waals surface area contributed by atoms with Gasteiger partial charge in [-0.05, 0) is 48.9 Å². The fraction of sp³-hybridized carbons (Fsp3) is 0.227. The third-order valence-electron chi connectivity index (χ3n) is 4.08. The van der Waals surface area contributed by atoms with Gasteiger partial charge in [-0.1, -0.05) is 47.5 Å². The molecule has 0 spiro atoms. The summed E-state index contributed by atoms with van der Waals surface area (Å²) in [6, 6.07) is 18.9. The molecule has 1 amide bonds. The van der Waals surface area contributed by atoms with Gasteiger partial charge >= 0.3 is 0 Å². The maximum Gasteiger partial charge on any atom is 0.251 e. The molecular weight excluding hydrogens is 406 g/mol. The van der Waals surface area contributed by atoms with E-state index in [4.69, 9.17) is 9.15 Å². The number of nitrogens with one attached hydrogen (secondary N) is 1. The Morgan fingerprint density at radius 3 is 2.70 bits per heavy atom. The first-order valence-corrected chi connectivity index (χ1v) is 9.80. The smallest absolute Gasteiger partial charge is 0.251 e. The van der Waals surface area contributed by atoms with Crippen molar-refractivity contribution in [1.82, 2.24) is 5.32 Å². The number of carbonyl (C=O) groups excluding carboxylic acids is 1. The van der Waals surface area contributed by atoms with Crippen LogP contribution in [0.3, 0.4) is 0 Å². The molecule has 0 aliphatic rings. The molecule has 0 saturated heterocycles. The van der Waals surface area contributed by atoms with Gasteiger partial charge in [0.05, 0.1) is 13.2 Å². The quantitative estimate of drug-likeness (QED) is 0.460. The predicted octanol–water partition coefficient (Wildman–Crippen LogP) is 5.82. The molecule has 0 atom stereocenters. The molecular formula is C22H22BrNO3. The summed E-state index contributed by atoms with van der Waals surface area (Å²) < 4.78 is 12.5. The zero-order valence-corrected chi connectivity index (χ0v) is 16.8. The SMILES string of the molecule is CCCCOc1cccc(C(=O)NCc2ccc(-c3ccc(Br)cc3)o2)c1. The highest BCUT2D eigenvalue weighted by Crippen LogP contribution is 2.24. The Morgan fingerprint density at radius 1 is 1.11 bits per heavy atom. The molecule has 0 aliphatic carbocycles. The molecule has 3 aromatic rings. The van der Waals surface area contributed by atoms with Crippen molar-refractivity contribution in [3.05, 3.63) is 76.5 Å². The Labute approximate surface area is 167 Å². The summed E-state index contributed by atoms with van der Waals surface area (Å²) >= 11 is 3.42. The van der Waals surface area contributed by atoms with E-state index in [1.54, 1.807) is 12.1 Å². The predicted molar refractivity (Wildman–Crippen MR) is 110 cm³/mol. The van der Waals surface area contributed by atoms with Gasteiger partial charge < -0.3 is 14.5 Å². The van der Waals surface area contributed by atoms with E-state index in [0.29, 0.717) is 30.2 Å². The van der Waals surface area contributed by atoms with Gasteiger partial charge in [-0.25, -0.2) is 0 Å². The lowest BCUT2D eigenvalue weighted by molar-refractivity contribution is 0.0947. The van der Waals surface area contributed by atoms with Crippen LogP contribution in [0.2, 0.25) is 0 Å². The minimum atomic E-state index is -0.155. The third-order valence-corrected chi connectivity index (χ3v) is 4.61. The molecule has 1 aromatic heterocycles. The van der Waals surface area contributed by atoms with E-state index in [1.165, 1.54) is 0 Å². The highest BCUT2D eigenvalue weighted by atomic mass is 79.9. The minimum Gasteiger partial charge on any atom is -0.494 e. The summed E-state index contributed by atoms with van der Waals surface area (Å²) in [7, 11) is 0. The number of amides is 1. The Hall–Kier alpha value is -2.53. The Morgan fingerprint density at radius 2 is 1.93 bits per heavy atom. The fourth-order valence-corrected chi connectivity index (χ4v) is 2.84. The summed E-state index contributed by atoms with van der Waals surface area (Å²) in [6.07, 6.45) is 2.07. The van der Waals surface area contributed by atoms with E-state index in [2.05, 4.69) is 28.2 Å². The lowest BCUT2D eigenvalue weighted by Gasteiger charge is -2.08. The summed E-state index contributed by atoms with van der Waals surface area (Å²) in [5.41, 5.74) is 1.57. The van der Waals surface area contributed by atoms with Gasteiger partial charge in [0.1, 0.15) is 17.3 Å². The lowest BCUT2D eigenvalue weighted by Crippen LogP contribution is -2.22. The van der Waals surface area contributed by atoms with Gasteiger partial charge in [-0.15, -0.1) is 0 Å². The van der Waals surface area contributed by atoms with E-state index < -0.39 is 0 Å². The maximum absolute atomic E-state index is 12.4. The van der Waals surface area contributed by atoms with Crippen LogP contribution >= 0.6 is 15.9 Å². The Kier molecular flexibility index (Phi) is 6.71. The first-order valence-electron chi connectivity index (χ1n) is 9.01. The van der Waals surface area contributed by atoms with Crippen molar-refractivity contribution in [1.29, 1.82) is 0 Å². The summed E-state index contributed by atoms with van der Waals surface area (Å²) in [5, 5.41) is 2.89. The van der Waals surface area contributed by atoms with Crippen molar-refractivity contribution in [2.75, 3.05) is 6.61 Å². The number of rotatable bonds is 8. The molecule has 5 heteroatoms. The van der Waals surface area contributed by atoms with E-state index in [-0.39, 0.29) is 5.91 Å². The molecule has 0 bridgehead atoms. The standard InChI is InChI=1S/C22H22BrNO3/c1-2-3-13-26-19-6-4-5-17(14-19)22(25)24-15-20-11-12-21(27-20)16-7-9-18(23)10-8-16/h4-12,14H,2-3,13,15H2,1H3,(H,24,25). The molecule has 0 unspecified atom stereocenters. The molecule has 4 nitrogen and oxygen atoms in total. The van der Waals surface area contributed by atoms with Crippen molar-refractivity contribution in [2.45, 2.75) is 26.3 Å². The highest BCUT2D eigenvalue weighted by Gasteiger charge is 2.09. The molecule has 2 aromatic carbocycles. The molecule has 140 valence electrons. The van der Waals surface area contributed by atoms with Crippen molar-refractivity contribution in [2.24, 2.45) is 0 Å².